The third kappa shape index (κ3) is 4.49. The van der Waals surface area contributed by atoms with Crippen molar-refractivity contribution in [3.8, 4) is 22.9 Å². The Morgan fingerprint density at radius 1 is 1.21 bits per heavy atom. The van der Waals surface area contributed by atoms with Crippen LogP contribution in [0.15, 0.2) is 47.0 Å². The van der Waals surface area contributed by atoms with Crippen LogP contribution >= 0.6 is 0 Å². The van der Waals surface area contributed by atoms with E-state index in [4.69, 9.17) is 18.7 Å². The Morgan fingerprint density at radius 3 is 2.72 bits per heavy atom. The Kier molecular flexibility index (Phi) is 6.03. The minimum absolute atomic E-state index is 0.00428. The first-order chi connectivity index (χ1) is 14.0. The number of nitrogens with zero attached hydrogens (tertiary/aromatic N) is 3. The molecule has 1 aromatic heterocycles. The molecule has 3 rings (SSSR count). The SMILES string of the molecule is CCOc1ccc(C(=O)OCc2nc(-c3ccccc3OC)no2)cc1[N+](=O)[O-]. The van der Waals surface area contributed by atoms with E-state index in [0.29, 0.717) is 11.3 Å². The highest BCUT2D eigenvalue weighted by Crippen LogP contribution is 2.29. The van der Waals surface area contributed by atoms with E-state index < -0.39 is 10.9 Å². The number of hydrogen-bond acceptors (Lipinski definition) is 9. The fourth-order valence-corrected chi connectivity index (χ4v) is 2.53. The van der Waals surface area contributed by atoms with Crippen molar-refractivity contribution in [2.45, 2.75) is 13.5 Å². The zero-order valence-electron chi connectivity index (χ0n) is 15.7. The Hall–Kier alpha value is -3.95. The summed E-state index contributed by atoms with van der Waals surface area (Å²) in [5.41, 5.74) is 0.306. The van der Waals surface area contributed by atoms with Gasteiger partial charge >= 0.3 is 11.7 Å². The number of nitro benzene ring substituents is 1. The minimum Gasteiger partial charge on any atom is -0.496 e. The molecule has 0 aliphatic carbocycles. The predicted molar refractivity (Wildman–Crippen MR) is 99.7 cm³/mol. The van der Waals surface area contributed by atoms with Crippen LogP contribution in [0.2, 0.25) is 0 Å². The molecule has 0 aliphatic heterocycles. The van der Waals surface area contributed by atoms with Crippen molar-refractivity contribution in [2.75, 3.05) is 13.7 Å². The molecule has 0 saturated carbocycles. The number of nitro groups is 1. The molecule has 3 aromatic rings. The van der Waals surface area contributed by atoms with E-state index >= 15 is 0 Å². The molecule has 0 fully saturated rings. The molecule has 0 atom stereocenters. The van der Waals surface area contributed by atoms with Crippen LogP contribution in [-0.2, 0) is 11.3 Å². The number of rotatable bonds is 8. The molecule has 0 amide bonds. The Morgan fingerprint density at radius 2 is 2.00 bits per heavy atom. The van der Waals surface area contributed by atoms with Gasteiger partial charge in [0.25, 0.3) is 5.89 Å². The molecule has 1 heterocycles. The maximum Gasteiger partial charge on any atom is 0.338 e. The number of ether oxygens (including phenoxy) is 3. The normalized spacial score (nSPS) is 10.4. The Labute approximate surface area is 165 Å². The first-order valence-corrected chi connectivity index (χ1v) is 8.57. The lowest BCUT2D eigenvalue weighted by atomic mass is 10.2. The van der Waals surface area contributed by atoms with Crippen LogP contribution in [0.3, 0.4) is 0 Å². The summed E-state index contributed by atoms with van der Waals surface area (Å²) in [5.74, 6) is 0.226. The summed E-state index contributed by atoms with van der Waals surface area (Å²) < 4.78 is 20.7. The first kappa shape index (κ1) is 19.8. The number of aromatic nitrogens is 2. The number of carbonyl (C=O) groups is 1. The highest BCUT2D eigenvalue weighted by molar-refractivity contribution is 5.90. The van der Waals surface area contributed by atoms with Crippen LogP contribution in [0, 0.1) is 10.1 Å². The molecule has 0 N–H and O–H groups in total. The second-order valence-electron chi connectivity index (χ2n) is 5.66. The van der Waals surface area contributed by atoms with Gasteiger partial charge in [0.15, 0.2) is 12.4 Å². The minimum atomic E-state index is -0.770. The number of methoxy groups -OCH3 is 1. The van der Waals surface area contributed by atoms with Gasteiger partial charge < -0.3 is 18.7 Å². The van der Waals surface area contributed by atoms with Gasteiger partial charge in [0.1, 0.15) is 5.75 Å². The van der Waals surface area contributed by atoms with Crippen molar-refractivity contribution in [3.63, 3.8) is 0 Å². The van der Waals surface area contributed by atoms with Crippen molar-refractivity contribution in [2.24, 2.45) is 0 Å². The maximum atomic E-state index is 12.2. The summed E-state index contributed by atoms with van der Waals surface area (Å²) in [5, 5.41) is 15.0. The molecular formula is C19H17N3O7. The standard InChI is InChI=1S/C19H17N3O7/c1-3-27-16-9-8-12(10-14(16)22(24)25)19(23)28-11-17-20-18(21-29-17)13-6-4-5-7-15(13)26-2/h4-10H,3,11H2,1-2H3. The Balaban J connectivity index is 1.71. The van der Waals surface area contributed by atoms with Gasteiger partial charge in [0.2, 0.25) is 5.82 Å². The molecule has 10 nitrogen and oxygen atoms in total. The highest BCUT2D eigenvalue weighted by Gasteiger charge is 2.20. The summed E-state index contributed by atoms with van der Waals surface area (Å²) in [6.07, 6.45) is 0. The third-order valence-electron chi connectivity index (χ3n) is 3.83. The van der Waals surface area contributed by atoms with E-state index in [1.54, 1.807) is 31.2 Å². The van der Waals surface area contributed by atoms with E-state index in [0.717, 1.165) is 6.07 Å². The quantitative estimate of drug-likeness (QED) is 0.318. The zero-order valence-corrected chi connectivity index (χ0v) is 15.7. The second kappa shape index (κ2) is 8.83. The van der Waals surface area contributed by atoms with E-state index in [2.05, 4.69) is 10.1 Å². The Bertz CT molecular complexity index is 1030. The highest BCUT2D eigenvalue weighted by atomic mass is 16.6. The number of benzene rings is 2. The molecule has 150 valence electrons. The maximum absolute atomic E-state index is 12.2. The van der Waals surface area contributed by atoms with Crippen molar-refractivity contribution >= 4 is 11.7 Å². The predicted octanol–water partition coefficient (Wildman–Crippen LogP) is 3.41. The molecule has 0 aliphatic rings. The lowest BCUT2D eigenvalue weighted by Crippen LogP contribution is -2.07. The summed E-state index contributed by atoms with van der Waals surface area (Å²) >= 11 is 0. The van der Waals surface area contributed by atoms with Gasteiger partial charge in [-0.1, -0.05) is 17.3 Å². The summed E-state index contributed by atoms with van der Waals surface area (Å²) in [6.45, 7) is 1.67. The topological polar surface area (TPSA) is 127 Å². The van der Waals surface area contributed by atoms with Crippen LogP contribution in [0.1, 0.15) is 23.2 Å². The van der Waals surface area contributed by atoms with Gasteiger partial charge in [-0.25, -0.2) is 4.79 Å². The second-order valence-corrected chi connectivity index (χ2v) is 5.66. The summed E-state index contributed by atoms with van der Waals surface area (Å²) in [4.78, 5) is 27.0. The first-order valence-electron chi connectivity index (χ1n) is 8.57. The van der Waals surface area contributed by atoms with Crippen LogP contribution in [0.25, 0.3) is 11.4 Å². The number of para-hydroxylation sites is 1. The van der Waals surface area contributed by atoms with Crippen LogP contribution in [0.4, 0.5) is 5.69 Å². The lowest BCUT2D eigenvalue weighted by Gasteiger charge is -2.06. The summed E-state index contributed by atoms with van der Waals surface area (Å²) in [7, 11) is 1.53. The van der Waals surface area contributed by atoms with E-state index in [-0.39, 0.29) is 41.9 Å². The van der Waals surface area contributed by atoms with Crippen LogP contribution in [0.5, 0.6) is 11.5 Å². The smallest absolute Gasteiger partial charge is 0.338 e. The van der Waals surface area contributed by atoms with Gasteiger partial charge in [0, 0.05) is 6.07 Å². The van der Waals surface area contributed by atoms with Gasteiger partial charge in [0.05, 0.1) is 29.8 Å². The van der Waals surface area contributed by atoms with Gasteiger partial charge in [-0.3, -0.25) is 10.1 Å². The van der Waals surface area contributed by atoms with Crippen LogP contribution in [-0.4, -0.2) is 34.7 Å². The van der Waals surface area contributed by atoms with Crippen molar-refractivity contribution < 1.29 is 28.5 Å². The number of esters is 1. The van der Waals surface area contributed by atoms with E-state index in [1.165, 1.54) is 19.2 Å². The van der Waals surface area contributed by atoms with E-state index in [1.807, 2.05) is 0 Å². The molecule has 10 heteroatoms. The monoisotopic (exact) mass is 399 g/mol. The number of hydrogen-bond donors (Lipinski definition) is 0. The molecular weight excluding hydrogens is 382 g/mol. The van der Waals surface area contributed by atoms with Gasteiger partial charge in [-0.05, 0) is 31.2 Å². The molecule has 0 radical (unpaired) electrons. The fourth-order valence-electron chi connectivity index (χ4n) is 2.53. The third-order valence-corrected chi connectivity index (χ3v) is 3.83. The summed E-state index contributed by atoms with van der Waals surface area (Å²) in [6, 6.07) is 11.0. The van der Waals surface area contributed by atoms with Crippen molar-refractivity contribution in [1.82, 2.24) is 10.1 Å². The molecule has 0 saturated heterocycles. The molecule has 2 aromatic carbocycles. The van der Waals surface area contributed by atoms with Gasteiger partial charge in [-0.2, -0.15) is 4.98 Å². The molecule has 0 unspecified atom stereocenters. The number of carbonyl (C=O) groups excluding carboxylic acids is 1. The van der Waals surface area contributed by atoms with Crippen molar-refractivity contribution in [3.05, 3.63) is 64.0 Å². The average molecular weight is 399 g/mol. The molecule has 29 heavy (non-hydrogen) atoms. The average Bonchev–Trinajstić information content (AvgIpc) is 3.21. The van der Waals surface area contributed by atoms with Crippen LogP contribution < -0.4 is 9.47 Å². The zero-order chi connectivity index (χ0) is 20.8. The largest absolute Gasteiger partial charge is 0.496 e. The molecule has 0 bridgehead atoms. The fraction of sp³-hybridized carbons (Fsp3) is 0.211. The van der Waals surface area contributed by atoms with E-state index in [9.17, 15) is 14.9 Å². The van der Waals surface area contributed by atoms with Gasteiger partial charge in [-0.15, -0.1) is 0 Å². The molecule has 0 spiro atoms. The lowest BCUT2D eigenvalue weighted by molar-refractivity contribution is -0.385. The van der Waals surface area contributed by atoms with Crippen molar-refractivity contribution in [1.29, 1.82) is 0 Å².